The van der Waals surface area contributed by atoms with Crippen LogP contribution in [0, 0.1) is 5.82 Å². The molecule has 1 aromatic heterocycles. The first kappa shape index (κ1) is 16.3. The molecule has 0 saturated carbocycles. The van der Waals surface area contributed by atoms with Gasteiger partial charge >= 0.3 is 5.76 Å². The Labute approximate surface area is 141 Å². The molecule has 3 aromatic rings. The lowest BCUT2D eigenvalue weighted by Crippen LogP contribution is -2.35. The number of oxazole rings is 1. The Morgan fingerprint density at radius 3 is 2.62 bits per heavy atom. The van der Waals surface area contributed by atoms with Crippen LogP contribution in [-0.4, -0.2) is 17.0 Å². The molecule has 0 aliphatic rings. The molecule has 0 bridgehead atoms. The summed E-state index contributed by atoms with van der Waals surface area (Å²) in [5, 5.41) is 0.441. The smallest absolute Gasteiger partial charge is 0.408 e. The fourth-order valence-corrected chi connectivity index (χ4v) is 2.70. The molecule has 0 saturated heterocycles. The lowest BCUT2D eigenvalue weighted by atomic mass is 10.2. The number of carbonyl (C=O) groups is 1. The van der Waals surface area contributed by atoms with E-state index in [-0.39, 0.29) is 18.3 Å². The Balaban J connectivity index is 1.92. The maximum absolute atomic E-state index is 13.0. The fraction of sp³-hybridized carbons (Fsp3) is 0.176. The van der Waals surface area contributed by atoms with Gasteiger partial charge in [0.1, 0.15) is 12.4 Å². The van der Waals surface area contributed by atoms with Gasteiger partial charge < -0.3 is 9.32 Å². The number of amides is 1. The van der Waals surface area contributed by atoms with Crippen LogP contribution in [-0.2, 0) is 11.3 Å². The summed E-state index contributed by atoms with van der Waals surface area (Å²) in [5.41, 5.74) is 1.38. The summed E-state index contributed by atoms with van der Waals surface area (Å²) in [4.78, 5) is 26.1. The lowest BCUT2D eigenvalue weighted by molar-refractivity contribution is -0.119. The standard InChI is InChI=1S/C17H14ClFN2O3/c1-2-20(13-6-4-12(19)5-7-13)16(22)10-21-14-8-3-11(18)9-15(14)24-17(21)23/h3-9H,2,10H2,1H3. The third kappa shape index (κ3) is 3.05. The Kier molecular flexibility index (Phi) is 4.40. The van der Waals surface area contributed by atoms with Crippen molar-refractivity contribution in [2.45, 2.75) is 13.5 Å². The van der Waals surface area contributed by atoms with Crippen LogP contribution < -0.4 is 10.7 Å². The number of fused-ring (bicyclic) bond motifs is 1. The van der Waals surface area contributed by atoms with E-state index in [0.717, 1.165) is 0 Å². The molecule has 0 N–H and O–H groups in total. The van der Waals surface area contributed by atoms with E-state index in [4.69, 9.17) is 16.0 Å². The summed E-state index contributed by atoms with van der Waals surface area (Å²) in [6.07, 6.45) is 0. The van der Waals surface area contributed by atoms with Gasteiger partial charge in [-0.05, 0) is 43.3 Å². The van der Waals surface area contributed by atoms with Crippen molar-refractivity contribution in [1.29, 1.82) is 0 Å². The summed E-state index contributed by atoms with van der Waals surface area (Å²) in [7, 11) is 0. The molecule has 1 heterocycles. The van der Waals surface area contributed by atoms with Crippen molar-refractivity contribution in [2.75, 3.05) is 11.4 Å². The highest BCUT2D eigenvalue weighted by atomic mass is 35.5. The van der Waals surface area contributed by atoms with Gasteiger partial charge in [0.2, 0.25) is 5.91 Å². The van der Waals surface area contributed by atoms with Crippen LogP contribution in [0.25, 0.3) is 11.1 Å². The van der Waals surface area contributed by atoms with E-state index < -0.39 is 5.76 Å². The largest absolute Gasteiger partial charge is 0.420 e. The Morgan fingerprint density at radius 2 is 1.96 bits per heavy atom. The number of hydrogen-bond donors (Lipinski definition) is 0. The van der Waals surface area contributed by atoms with Crippen molar-refractivity contribution in [1.82, 2.24) is 4.57 Å². The Morgan fingerprint density at radius 1 is 1.25 bits per heavy atom. The molecule has 0 aliphatic heterocycles. The zero-order valence-electron chi connectivity index (χ0n) is 12.8. The van der Waals surface area contributed by atoms with Crippen LogP contribution in [0.4, 0.5) is 10.1 Å². The van der Waals surface area contributed by atoms with Crippen molar-refractivity contribution >= 4 is 34.3 Å². The Bertz CT molecular complexity index is 947. The van der Waals surface area contributed by atoms with Crippen LogP contribution in [0.1, 0.15) is 6.92 Å². The Hall–Kier alpha value is -2.60. The lowest BCUT2D eigenvalue weighted by Gasteiger charge is -2.21. The van der Waals surface area contributed by atoms with Gasteiger partial charge in [0.15, 0.2) is 5.58 Å². The molecule has 2 aromatic carbocycles. The van der Waals surface area contributed by atoms with Crippen LogP contribution in [0.15, 0.2) is 51.7 Å². The van der Waals surface area contributed by atoms with Gasteiger partial charge in [-0.15, -0.1) is 0 Å². The van der Waals surface area contributed by atoms with E-state index in [0.29, 0.717) is 28.4 Å². The third-order valence-electron chi connectivity index (χ3n) is 3.68. The molecular formula is C17H14ClFN2O3. The van der Waals surface area contributed by atoms with E-state index in [1.807, 2.05) is 0 Å². The highest BCUT2D eigenvalue weighted by Crippen LogP contribution is 2.19. The molecule has 1 amide bonds. The minimum atomic E-state index is -0.629. The van der Waals surface area contributed by atoms with Crippen molar-refractivity contribution in [3.8, 4) is 0 Å². The predicted octanol–water partition coefficient (Wildman–Crippen LogP) is 3.44. The maximum atomic E-state index is 13.0. The van der Waals surface area contributed by atoms with Crippen LogP contribution in [0.3, 0.4) is 0 Å². The topological polar surface area (TPSA) is 55.5 Å². The average molecular weight is 349 g/mol. The second-order valence-electron chi connectivity index (χ2n) is 5.18. The van der Waals surface area contributed by atoms with Gasteiger partial charge in [0, 0.05) is 23.3 Å². The number of likely N-dealkylation sites (N-methyl/N-ethyl adjacent to an activating group) is 1. The van der Waals surface area contributed by atoms with Crippen LogP contribution in [0.5, 0.6) is 0 Å². The summed E-state index contributed by atoms with van der Waals surface area (Å²) in [6, 6.07) is 10.4. The van der Waals surface area contributed by atoms with E-state index in [2.05, 4.69) is 0 Å². The molecule has 0 spiro atoms. The summed E-state index contributed by atoms with van der Waals surface area (Å²) in [5.74, 6) is -1.31. The van der Waals surface area contributed by atoms with Gasteiger partial charge in [-0.3, -0.25) is 9.36 Å². The van der Waals surface area contributed by atoms with E-state index in [1.54, 1.807) is 19.1 Å². The summed E-state index contributed by atoms with van der Waals surface area (Å²) >= 11 is 5.87. The first-order valence-corrected chi connectivity index (χ1v) is 7.72. The normalized spacial score (nSPS) is 11.0. The number of carbonyl (C=O) groups excluding carboxylic acids is 1. The first-order valence-electron chi connectivity index (χ1n) is 7.34. The summed E-state index contributed by atoms with van der Waals surface area (Å²) < 4.78 is 19.4. The minimum absolute atomic E-state index is 0.182. The molecule has 0 atom stereocenters. The van der Waals surface area contributed by atoms with Gasteiger partial charge in [0.25, 0.3) is 0 Å². The van der Waals surface area contributed by atoms with Crippen LogP contribution in [0.2, 0.25) is 5.02 Å². The molecule has 0 radical (unpaired) electrons. The zero-order chi connectivity index (χ0) is 17.3. The molecule has 124 valence electrons. The number of anilines is 1. The monoisotopic (exact) mass is 348 g/mol. The third-order valence-corrected chi connectivity index (χ3v) is 3.91. The van der Waals surface area contributed by atoms with Gasteiger partial charge in [-0.25, -0.2) is 9.18 Å². The van der Waals surface area contributed by atoms with E-state index in [9.17, 15) is 14.0 Å². The van der Waals surface area contributed by atoms with Crippen LogP contribution >= 0.6 is 11.6 Å². The SMILES string of the molecule is CCN(C(=O)Cn1c(=O)oc2cc(Cl)ccc21)c1ccc(F)cc1. The summed E-state index contributed by atoms with van der Waals surface area (Å²) in [6.45, 7) is 2.01. The van der Waals surface area contributed by atoms with Crippen molar-refractivity contribution < 1.29 is 13.6 Å². The van der Waals surface area contributed by atoms with Gasteiger partial charge in [-0.1, -0.05) is 11.6 Å². The second-order valence-corrected chi connectivity index (χ2v) is 5.62. The molecule has 3 rings (SSSR count). The average Bonchev–Trinajstić information content (AvgIpc) is 2.85. The van der Waals surface area contributed by atoms with Gasteiger partial charge in [0.05, 0.1) is 5.52 Å². The highest BCUT2D eigenvalue weighted by Gasteiger charge is 2.18. The second kappa shape index (κ2) is 6.49. The van der Waals surface area contributed by atoms with E-state index >= 15 is 0 Å². The predicted molar refractivity (Wildman–Crippen MR) is 89.9 cm³/mol. The number of halogens is 2. The molecule has 7 heteroatoms. The van der Waals surface area contributed by atoms with Crippen molar-refractivity contribution in [3.05, 3.63) is 63.9 Å². The number of aromatic nitrogens is 1. The molecule has 5 nitrogen and oxygen atoms in total. The molecule has 24 heavy (non-hydrogen) atoms. The number of benzene rings is 2. The maximum Gasteiger partial charge on any atom is 0.420 e. The highest BCUT2D eigenvalue weighted by molar-refractivity contribution is 6.31. The quantitative estimate of drug-likeness (QED) is 0.725. The van der Waals surface area contributed by atoms with Crippen molar-refractivity contribution in [2.24, 2.45) is 0 Å². The minimum Gasteiger partial charge on any atom is -0.408 e. The van der Waals surface area contributed by atoms with Crippen molar-refractivity contribution in [3.63, 3.8) is 0 Å². The first-order chi connectivity index (χ1) is 11.5. The number of hydrogen-bond acceptors (Lipinski definition) is 3. The number of nitrogens with zero attached hydrogens (tertiary/aromatic N) is 2. The number of rotatable bonds is 4. The molecule has 0 unspecified atom stereocenters. The van der Waals surface area contributed by atoms with E-state index in [1.165, 1.54) is 39.8 Å². The zero-order valence-corrected chi connectivity index (χ0v) is 13.6. The van der Waals surface area contributed by atoms with Gasteiger partial charge in [-0.2, -0.15) is 0 Å². The fourth-order valence-electron chi connectivity index (χ4n) is 2.53. The molecular weight excluding hydrogens is 335 g/mol. The molecule has 0 aliphatic carbocycles. The molecule has 0 fully saturated rings.